The van der Waals surface area contributed by atoms with Crippen LogP contribution in [-0.2, 0) is 0 Å². The molecule has 4 heteroatoms. The summed E-state index contributed by atoms with van der Waals surface area (Å²) in [7, 11) is 0. The van der Waals surface area contributed by atoms with Gasteiger partial charge in [0.2, 0.25) is 5.75 Å². The van der Waals surface area contributed by atoms with E-state index in [1.165, 1.54) is 6.07 Å². The average Bonchev–Trinajstić information content (AvgIpc) is 2.44. The molecule has 94 valence electrons. The average molecular weight is 254 g/mol. The van der Waals surface area contributed by atoms with E-state index in [2.05, 4.69) is 0 Å². The lowest BCUT2D eigenvalue weighted by molar-refractivity contribution is 0.398. The van der Waals surface area contributed by atoms with Gasteiger partial charge in [0.05, 0.1) is 5.56 Å². The van der Waals surface area contributed by atoms with Crippen LogP contribution in [0, 0.1) is 0 Å². The predicted molar refractivity (Wildman–Crippen MR) is 71.2 cm³/mol. The number of phenolic OH excluding ortho intramolecular Hbond substituents is 2. The molecule has 0 unspecified atom stereocenters. The molecule has 0 spiro atoms. The summed E-state index contributed by atoms with van der Waals surface area (Å²) in [6.45, 7) is 0. The predicted octanol–water partition coefficient (Wildman–Crippen LogP) is 2.87. The third-order valence-corrected chi connectivity index (χ3v) is 2.94. The maximum atomic E-state index is 11.9. The fourth-order valence-electron chi connectivity index (χ4n) is 1.98. The van der Waals surface area contributed by atoms with Gasteiger partial charge < -0.3 is 14.6 Å². The van der Waals surface area contributed by atoms with Crippen LogP contribution in [0.2, 0.25) is 0 Å². The van der Waals surface area contributed by atoms with Crippen LogP contribution < -0.4 is 5.63 Å². The smallest absolute Gasteiger partial charge is 0.344 e. The zero-order valence-corrected chi connectivity index (χ0v) is 9.83. The molecule has 2 N–H and O–H groups in total. The van der Waals surface area contributed by atoms with E-state index < -0.39 is 11.4 Å². The van der Waals surface area contributed by atoms with E-state index in [0.29, 0.717) is 10.9 Å². The van der Waals surface area contributed by atoms with Gasteiger partial charge >= 0.3 is 5.63 Å². The summed E-state index contributed by atoms with van der Waals surface area (Å²) < 4.78 is 5.09. The molecular formula is C15H10O4. The van der Waals surface area contributed by atoms with Crippen LogP contribution in [0.1, 0.15) is 0 Å². The molecule has 0 aliphatic carbocycles. The van der Waals surface area contributed by atoms with Crippen LogP contribution in [-0.4, -0.2) is 10.2 Å². The lowest BCUT2D eigenvalue weighted by Crippen LogP contribution is -2.02. The zero-order chi connectivity index (χ0) is 13.4. The minimum Gasteiger partial charge on any atom is -0.504 e. The SMILES string of the molecule is O=c1oc2c(O)c(O)ccc2cc1-c1ccccc1. The Bertz CT molecular complexity index is 803. The van der Waals surface area contributed by atoms with Gasteiger partial charge in [-0.15, -0.1) is 0 Å². The van der Waals surface area contributed by atoms with Crippen LogP contribution in [0.4, 0.5) is 0 Å². The van der Waals surface area contributed by atoms with Gasteiger partial charge in [-0.05, 0) is 23.8 Å². The first-order valence-electron chi connectivity index (χ1n) is 5.71. The first kappa shape index (κ1) is 11.3. The van der Waals surface area contributed by atoms with Crippen LogP contribution in [0.5, 0.6) is 11.5 Å². The molecule has 4 nitrogen and oxygen atoms in total. The molecule has 0 amide bonds. The zero-order valence-electron chi connectivity index (χ0n) is 9.83. The standard InChI is InChI=1S/C15H10O4/c16-12-7-6-10-8-11(9-4-2-1-3-5-9)15(18)19-14(10)13(12)17/h1-8,16-17H. The monoisotopic (exact) mass is 254 g/mol. The highest BCUT2D eigenvalue weighted by Crippen LogP contribution is 2.33. The second-order valence-corrected chi connectivity index (χ2v) is 4.17. The van der Waals surface area contributed by atoms with Gasteiger partial charge in [0.15, 0.2) is 11.3 Å². The molecule has 19 heavy (non-hydrogen) atoms. The van der Waals surface area contributed by atoms with Crippen molar-refractivity contribution in [2.24, 2.45) is 0 Å². The van der Waals surface area contributed by atoms with Crippen molar-refractivity contribution in [2.45, 2.75) is 0 Å². The quantitative estimate of drug-likeness (QED) is 0.517. The lowest BCUT2D eigenvalue weighted by Gasteiger charge is -2.04. The van der Waals surface area contributed by atoms with Gasteiger partial charge in [-0.2, -0.15) is 0 Å². The number of hydrogen-bond donors (Lipinski definition) is 2. The summed E-state index contributed by atoms with van der Waals surface area (Å²) in [6.07, 6.45) is 0. The number of aromatic hydroxyl groups is 2. The van der Waals surface area contributed by atoms with Crippen LogP contribution in [0.3, 0.4) is 0 Å². The third kappa shape index (κ3) is 1.83. The number of rotatable bonds is 1. The number of benzene rings is 2. The maximum Gasteiger partial charge on any atom is 0.344 e. The first-order chi connectivity index (χ1) is 9.16. The molecule has 0 fully saturated rings. The van der Waals surface area contributed by atoms with Crippen molar-refractivity contribution < 1.29 is 14.6 Å². The Morgan fingerprint density at radius 2 is 1.68 bits per heavy atom. The molecule has 2 aromatic carbocycles. The molecule has 0 aliphatic rings. The fourth-order valence-corrected chi connectivity index (χ4v) is 1.98. The van der Waals surface area contributed by atoms with Crippen molar-refractivity contribution in [1.82, 2.24) is 0 Å². The second kappa shape index (κ2) is 4.17. The fraction of sp³-hybridized carbons (Fsp3) is 0. The van der Waals surface area contributed by atoms with Crippen molar-refractivity contribution in [3.05, 3.63) is 59.0 Å². The van der Waals surface area contributed by atoms with E-state index in [4.69, 9.17) is 4.42 Å². The van der Waals surface area contributed by atoms with E-state index in [0.717, 1.165) is 5.56 Å². The number of phenols is 2. The van der Waals surface area contributed by atoms with E-state index in [1.807, 2.05) is 18.2 Å². The highest BCUT2D eigenvalue weighted by atomic mass is 16.4. The third-order valence-electron chi connectivity index (χ3n) is 2.94. The Labute approximate surface area is 108 Å². The molecule has 0 bridgehead atoms. The van der Waals surface area contributed by atoms with Gasteiger partial charge in [0.1, 0.15) is 0 Å². The normalized spacial score (nSPS) is 10.7. The minimum absolute atomic E-state index is 0.00955. The Morgan fingerprint density at radius 3 is 2.42 bits per heavy atom. The van der Waals surface area contributed by atoms with Gasteiger partial charge in [-0.25, -0.2) is 4.79 Å². The molecule has 0 saturated carbocycles. The van der Waals surface area contributed by atoms with Gasteiger partial charge in [0, 0.05) is 5.39 Å². The Hall–Kier alpha value is -2.75. The summed E-state index contributed by atoms with van der Waals surface area (Å²) in [5.74, 6) is -0.739. The van der Waals surface area contributed by atoms with Crippen LogP contribution in [0.25, 0.3) is 22.1 Å². The molecule has 0 saturated heterocycles. The Balaban J connectivity index is 2.33. The molecule has 1 aromatic heterocycles. The molecule has 3 rings (SSSR count). The number of hydrogen-bond acceptors (Lipinski definition) is 4. The van der Waals surface area contributed by atoms with Gasteiger partial charge in [-0.1, -0.05) is 30.3 Å². The summed E-state index contributed by atoms with van der Waals surface area (Å²) >= 11 is 0. The van der Waals surface area contributed by atoms with Gasteiger partial charge in [-0.3, -0.25) is 0 Å². The second-order valence-electron chi connectivity index (χ2n) is 4.17. The van der Waals surface area contributed by atoms with E-state index in [1.54, 1.807) is 24.3 Å². The summed E-state index contributed by atoms with van der Waals surface area (Å²) in [6, 6.07) is 13.7. The van der Waals surface area contributed by atoms with E-state index in [9.17, 15) is 15.0 Å². The highest BCUT2D eigenvalue weighted by Gasteiger charge is 2.12. The number of fused-ring (bicyclic) bond motifs is 1. The van der Waals surface area contributed by atoms with Crippen molar-refractivity contribution in [3.8, 4) is 22.6 Å². The molecule has 3 aromatic rings. The molecule has 1 heterocycles. The van der Waals surface area contributed by atoms with E-state index in [-0.39, 0.29) is 11.3 Å². The molecule has 0 radical (unpaired) electrons. The molecule has 0 aliphatic heterocycles. The molecule has 0 atom stereocenters. The summed E-state index contributed by atoms with van der Waals surface area (Å²) in [5, 5.41) is 19.6. The van der Waals surface area contributed by atoms with Crippen LogP contribution >= 0.6 is 0 Å². The van der Waals surface area contributed by atoms with Crippen molar-refractivity contribution in [3.63, 3.8) is 0 Å². The highest BCUT2D eigenvalue weighted by molar-refractivity contribution is 5.87. The Kier molecular flexibility index (Phi) is 2.49. The van der Waals surface area contributed by atoms with Crippen molar-refractivity contribution in [1.29, 1.82) is 0 Å². The largest absolute Gasteiger partial charge is 0.504 e. The topological polar surface area (TPSA) is 70.7 Å². The molecular weight excluding hydrogens is 244 g/mol. The van der Waals surface area contributed by atoms with Crippen molar-refractivity contribution in [2.75, 3.05) is 0 Å². The van der Waals surface area contributed by atoms with E-state index >= 15 is 0 Å². The lowest BCUT2D eigenvalue weighted by atomic mass is 10.1. The van der Waals surface area contributed by atoms with Crippen molar-refractivity contribution >= 4 is 11.0 Å². The summed E-state index contributed by atoms with van der Waals surface area (Å²) in [4.78, 5) is 11.9. The van der Waals surface area contributed by atoms with Crippen LogP contribution in [0.15, 0.2) is 57.7 Å². The minimum atomic E-state index is -0.556. The first-order valence-corrected chi connectivity index (χ1v) is 5.71. The maximum absolute atomic E-state index is 11.9. The Morgan fingerprint density at radius 1 is 0.947 bits per heavy atom. The van der Waals surface area contributed by atoms with Gasteiger partial charge in [0.25, 0.3) is 0 Å². The summed E-state index contributed by atoms with van der Waals surface area (Å²) in [5.41, 5.74) is 0.591.